The Hall–Kier alpha value is 0.210. The van der Waals surface area contributed by atoms with E-state index in [0.29, 0.717) is 0 Å². The molecule has 0 aromatic heterocycles. The SMILES string of the molecule is CN(CC1CCCNC1)C1CCCCCCC1.Cl. The first-order chi connectivity index (χ1) is 8.36. The highest BCUT2D eigenvalue weighted by molar-refractivity contribution is 5.85. The lowest BCUT2D eigenvalue weighted by Gasteiger charge is -2.34. The fraction of sp³-hybridized carbons (Fsp3) is 1.00. The summed E-state index contributed by atoms with van der Waals surface area (Å²) in [4.78, 5) is 2.67. The summed E-state index contributed by atoms with van der Waals surface area (Å²) in [6.45, 7) is 3.80. The Morgan fingerprint density at radius 1 is 0.944 bits per heavy atom. The third-order valence-electron chi connectivity index (χ3n) is 4.64. The Morgan fingerprint density at radius 3 is 2.22 bits per heavy atom. The predicted octanol–water partition coefficient (Wildman–Crippen LogP) is 3.45. The zero-order valence-electron chi connectivity index (χ0n) is 12.0. The lowest BCUT2D eigenvalue weighted by atomic mass is 9.94. The summed E-state index contributed by atoms with van der Waals surface area (Å²) in [5.74, 6) is 0.902. The fourth-order valence-electron chi connectivity index (χ4n) is 3.51. The lowest BCUT2D eigenvalue weighted by Crippen LogP contribution is -2.41. The van der Waals surface area contributed by atoms with Crippen LogP contribution in [0.5, 0.6) is 0 Å². The average Bonchev–Trinajstić information content (AvgIpc) is 2.29. The Morgan fingerprint density at radius 2 is 1.61 bits per heavy atom. The molecule has 18 heavy (non-hydrogen) atoms. The van der Waals surface area contributed by atoms with Crippen molar-refractivity contribution in [3.05, 3.63) is 0 Å². The van der Waals surface area contributed by atoms with Gasteiger partial charge in [-0.05, 0) is 51.7 Å². The Bertz CT molecular complexity index is 197. The highest BCUT2D eigenvalue weighted by Gasteiger charge is 2.20. The molecule has 1 aliphatic heterocycles. The van der Waals surface area contributed by atoms with Crippen molar-refractivity contribution in [3.8, 4) is 0 Å². The minimum absolute atomic E-state index is 0. The zero-order chi connectivity index (χ0) is 11.9. The molecular formula is C15H31ClN2. The van der Waals surface area contributed by atoms with Crippen LogP contribution in [-0.2, 0) is 0 Å². The van der Waals surface area contributed by atoms with Gasteiger partial charge in [0.1, 0.15) is 0 Å². The van der Waals surface area contributed by atoms with Crippen LogP contribution >= 0.6 is 12.4 Å². The van der Waals surface area contributed by atoms with Crippen molar-refractivity contribution >= 4 is 12.4 Å². The van der Waals surface area contributed by atoms with Gasteiger partial charge in [-0.15, -0.1) is 12.4 Å². The maximum absolute atomic E-state index is 3.54. The molecule has 1 heterocycles. The molecule has 0 spiro atoms. The van der Waals surface area contributed by atoms with Crippen molar-refractivity contribution in [1.82, 2.24) is 10.2 Å². The minimum Gasteiger partial charge on any atom is -0.316 e. The van der Waals surface area contributed by atoms with Gasteiger partial charge in [0.25, 0.3) is 0 Å². The van der Waals surface area contributed by atoms with Gasteiger partial charge in [-0.3, -0.25) is 0 Å². The quantitative estimate of drug-likeness (QED) is 0.848. The van der Waals surface area contributed by atoms with Gasteiger partial charge in [-0.25, -0.2) is 0 Å². The van der Waals surface area contributed by atoms with E-state index in [1.54, 1.807) is 0 Å². The number of nitrogens with zero attached hydrogens (tertiary/aromatic N) is 1. The van der Waals surface area contributed by atoms with Crippen LogP contribution in [0, 0.1) is 5.92 Å². The molecule has 2 aliphatic rings. The largest absolute Gasteiger partial charge is 0.316 e. The third-order valence-corrected chi connectivity index (χ3v) is 4.64. The van der Waals surface area contributed by atoms with Crippen LogP contribution in [0.3, 0.4) is 0 Å². The maximum atomic E-state index is 3.54. The summed E-state index contributed by atoms with van der Waals surface area (Å²) >= 11 is 0. The number of halogens is 1. The van der Waals surface area contributed by atoms with Crippen molar-refractivity contribution in [2.75, 3.05) is 26.7 Å². The Kier molecular flexibility index (Phi) is 8.28. The monoisotopic (exact) mass is 274 g/mol. The first-order valence-corrected chi connectivity index (χ1v) is 7.77. The van der Waals surface area contributed by atoms with Crippen molar-refractivity contribution in [2.24, 2.45) is 5.92 Å². The summed E-state index contributed by atoms with van der Waals surface area (Å²) in [6, 6.07) is 0.872. The molecular weight excluding hydrogens is 244 g/mol. The molecule has 0 amide bonds. The normalized spacial score (nSPS) is 27.3. The van der Waals surface area contributed by atoms with Gasteiger partial charge in [0, 0.05) is 12.6 Å². The second-order valence-corrected chi connectivity index (χ2v) is 6.15. The van der Waals surface area contributed by atoms with E-state index in [2.05, 4.69) is 17.3 Å². The summed E-state index contributed by atoms with van der Waals surface area (Å²) in [5, 5.41) is 3.54. The zero-order valence-corrected chi connectivity index (χ0v) is 12.8. The van der Waals surface area contributed by atoms with Gasteiger partial charge in [-0.2, -0.15) is 0 Å². The van der Waals surface area contributed by atoms with E-state index in [4.69, 9.17) is 0 Å². The standard InChI is InChI=1S/C15H30N2.ClH/c1-17(13-14-8-7-11-16-12-14)15-9-5-3-2-4-6-10-15;/h14-16H,2-13H2,1H3;1H. The molecule has 2 fully saturated rings. The molecule has 1 saturated carbocycles. The Balaban J connectivity index is 0.00000162. The average molecular weight is 275 g/mol. The van der Waals surface area contributed by atoms with Crippen LogP contribution < -0.4 is 5.32 Å². The molecule has 1 unspecified atom stereocenters. The molecule has 2 rings (SSSR count). The molecule has 1 N–H and O–H groups in total. The summed E-state index contributed by atoms with van der Waals surface area (Å²) < 4.78 is 0. The molecule has 1 atom stereocenters. The van der Waals surface area contributed by atoms with Gasteiger partial charge in [-0.1, -0.05) is 32.1 Å². The van der Waals surface area contributed by atoms with Crippen molar-refractivity contribution in [2.45, 2.75) is 63.8 Å². The van der Waals surface area contributed by atoms with Gasteiger partial charge in [0.2, 0.25) is 0 Å². The second-order valence-electron chi connectivity index (χ2n) is 6.15. The molecule has 1 aliphatic carbocycles. The predicted molar refractivity (Wildman–Crippen MR) is 81.6 cm³/mol. The van der Waals surface area contributed by atoms with Crippen LogP contribution in [0.1, 0.15) is 57.8 Å². The smallest absolute Gasteiger partial charge is 0.00923 e. The minimum atomic E-state index is 0. The first-order valence-electron chi connectivity index (χ1n) is 7.77. The molecule has 0 aromatic carbocycles. The van der Waals surface area contributed by atoms with Gasteiger partial charge >= 0.3 is 0 Å². The third kappa shape index (κ3) is 5.46. The van der Waals surface area contributed by atoms with Crippen molar-refractivity contribution in [3.63, 3.8) is 0 Å². The Labute approximate surface area is 119 Å². The number of hydrogen-bond donors (Lipinski definition) is 1. The molecule has 1 saturated heterocycles. The lowest BCUT2D eigenvalue weighted by molar-refractivity contribution is 0.163. The summed E-state index contributed by atoms with van der Waals surface area (Å²) in [6.07, 6.45) is 13.0. The molecule has 2 nitrogen and oxygen atoms in total. The number of rotatable bonds is 3. The van der Waals surface area contributed by atoms with Gasteiger partial charge < -0.3 is 10.2 Å². The van der Waals surface area contributed by atoms with E-state index in [1.807, 2.05) is 0 Å². The van der Waals surface area contributed by atoms with Crippen LogP contribution in [0.25, 0.3) is 0 Å². The van der Waals surface area contributed by atoms with E-state index >= 15 is 0 Å². The van der Waals surface area contributed by atoms with Crippen LogP contribution in [0.4, 0.5) is 0 Å². The molecule has 0 bridgehead atoms. The van der Waals surface area contributed by atoms with E-state index in [0.717, 1.165) is 12.0 Å². The summed E-state index contributed by atoms with van der Waals surface area (Å²) in [5.41, 5.74) is 0. The highest BCUT2D eigenvalue weighted by atomic mass is 35.5. The topological polar surface area (TPSA) is 15.3 Å². The molecule has 0 aromatic rings. The number of piperidine rings is 1. The van der Waals surface area contributed by atoms with Crippen molar-refractivity contribution < 1.29 is 0 Å². The molecule has 108 valence electrons. The van der Waals surface area contributed by atoms with Crippen molar-refractivity contribution in [1.29, 1.82) is 0 Å². The van der Waals surface area contributed by atoms with E-state index < -0.39 is 0 Å². The molecule has 3 heteroatoms. The second kappa shape index (κ2) is 9.17. The summed E-state index contributed by atoms with van der Waals surface area (Å²) in [7, 11) is 2.36. The van der Waals surface area contributed by atoms with Gasteiger partial charge in [0.15, 0.2) is 0 Å². The van der Waals surface area contributed by atoms with E-state index in [9.17, 15) is 0 Å². The molecule has 0 radical (unpaired) electrons. The highest BCUT2D eigenvalue weighted by Crippen LogP contribution is 2.22. The van der Waals surface area contributed by atoms with E-state index in [-0.39, 0.29) is 12.4 Å². The fourth-order valence-corrected chi connectivity index (χ4v) is 3.51. The van der Waals surface area contributed by atoms with E-state index in [1.165, 1.54) is 77.4 Å². The van der Waals surface area contributed by atoms with Crippen LogP contribution in [0.2, 0.25) is 0 Å². The maximum Gasteiger partial charge on any atom is 0.00923 e. The van der Waals surface area contributed by atoms with Crippen LogP contribution in [-0.4, -0.2) is 37.6 Å². The number of nitrogens with one attached hydrogen (secondary N) is 1. The van der Waals surface area contributed by atoms with Gasteiger partial charge in [0.05, 0.1) is 0 Å². The number of hydrogen-bond acceptors (Lipinski definition) is 2. The van der Waals surface area contributed by atoms with Crippen LogP contribution in [0.15, 0.2) is 0 Å². The first kappa shape index (κ1) is 16.3.